The van der Waals surface area contributed by atoms with E-state index in [1.54, 1.807) is 0 Å². The van der Waals surface area contributed by atoms with E-state index in [0.29, 0.717) is 18.5 Å². The fourth-order valence-corrected chi connectivity index (χ4v) is 5.64. The zero-order valence-corrected chi connectivity index (χ0v) is 15.9. The fraction of sp³-hybridized carbons (Fsp3) is 0.765. The van der Waals surface area contributed by atoms with E-state index in [2.05, 4.69) is 24.0 Å². The summed E-state index contributed by atoms with van der Waals surface area (Å²) in [6.45, 7) is 8.42. The lowest BCUT2D eigenvalue weighted by Crippen LogP contribution is -2.39. The number of aromatic nitrogens is 2. The van der Waals surface area contributed by atoms with Crippen LogP contribution in [0.5, 0.6) is 0 Å². The molecule has 3 rings (SSSR count). The van der Waals surface area contributed by atoms with Gasteiger partial charge in [0.25, 0.3) is 0 Å². The van der Waals surface area contributed by atoms with Crippen molar-refractivity contribution < 1.29 is 8.42 Å². The number of aryl methyl sites for hydroxylation is 1. The lowest BCUT2D eigenvalue weighted by molar-refractivity contribution is 0.109. The standard InChI is InChI=1S/C17H28N4O2S/c1-12-6-5-7-13(2)20(12)18-10-17-14(3)19-21(15(17)4)16-8-9-24(22,23)11-16/h10,12-13,16H,5-9,11H2,1-4H3/t12-,13-,16+/m0/s1. The highest BCUT2D eigenvalue weighted by Gasteiger charge is 2.31. The van der Waals surface area contributed by atoms with Crippen LogP contribution in [0.25, 0.3) is 0 Å². The first-order chi connectivity index (χ1) is 11.3. The van der Waals surface area contributed by atoms with Crippen LogP contribution in [0.4, 0.5) is 0 Å². The number of sulfone groups is 1. The number of hydrogen-bond acceptors (Lipinski definition) is 5. The molecule has 2 saturated heterocycles. The van der Waals surface area contributed by atoms with Crippen LogP contribution >= 0.6 is 0 Å². The summed E-state index contributed by atoms with van der Waals surface area (Å²) in [6, 6.07) is 0.880. The maximum atomic E-state index is 11.7. The summed E-state index contributed by atoms with van der Waals surface area (Å²) < 4.78 is 25.4. The molecule has 3 atom stereocenters. The first-order valence-corrected chi connectivity index (χ1v) is 10.7. The van der Waals surface area contributed by atoms with Crippen molar-refractivity contribution in [1.29, 1.82) is 0 Å². The molecular formula is C17H28N4O2S. The number of nitrogens with zero attached hydrogens (tertiary/aromatic N) is 4. The summed E-state index contributed by atoms with van der Waals surface area (Å²) in [7, 11) is -2.91. The summed E-state index contributed by atoms with van der Waals surface area (Å²) in [6.07, 6.45) is 6.19. The Bertz CT molecular complexity index is 728. The molecule has 0 amide bonds. The van der Waals surface area contributed by atoms with Crippen LogP contribution in [-0.2, 0) is 9.84 Å². The highest BCUT2D eigenvalue weighted by Crippen LogP contribution is 2.27. The predicted molar refractivity (Wildman–Crippen MR) is 96.2 cm³/mol. The number of rotatable bonds is 3. The van der Waals surface area contributed by atoms with E-state index in [-0.39, 0.29) is 17.5 Å². The SMILES string of the molecule is Cc1nn([C@@H]2CCS(=O)(=O)C2)c(C)c1C=NN1[C@@H](C)CCC[C@@H]1C. The van der Waals surface area contributed by atoms with Crippen LogP contribution < -0.4 is 0 Å². The molecule has 0 saturated carbocycles. The van der Waals surface area contributed by atoms with Gasteiger partial charge in [-0.15, -0.1) is 0 Å². The number of hydrazone groups is 1. The second-order valence-corrected chi connectivity index (χ2v) is 9.57. The van der Waals surface area contributed by atoms with E-state index in [0.717, 1.165) is 17.0 Å². The van der Waals surface area contributed by atoms with Crippen LogP contribution in [-0.4, -0.2) is 53.0 Å². The van der Waals surface area contributed by atoms with Crippen molar-refractivity contribution in [2.45, 2.75) is 71.5 Å². The van der Waals surface area contributed by atoms with Crippen molar-refractivity contribution in [2.75, 3.05) is 11.5 Å². The second-order valence-electron chi connectivity index (χ2n) is 7.34. The summed E-state index contributed by atoms with van der Waals surface area (Å²) in [5.41, 5.74) is 2.94. The van der Waals surface area contributed by atoms with Gasteiger partial charge in [-0.1, -0.05) is 0 Å². The summed E-state index contributed by atoms with van der Waals surface area (Å²) in [5, 5.41) is 11.5. The average molecular weight is 353 g/mol. The lowest BCUT2D eigenvalue weighted by atomic mass is 10.00. The molecule has 24 heavy (non-hydrogen) atoms. The molecule has 0 bridgehead atoms. The quantitative estimate of drug-likeness (QED) is 0.784. The monoisotopic (exact) mass is 352 g/mol. The second kappa shape index (κ2) is 6.50. The zero-order chi connectivity index (χ0) is 17.5. The van der Waals surface area contributed by atoms with Gasteiger partial charge in [0.2, 0.25) is 0 Å². The summed E-state index contributed by atoms with van der Waals surface area (Å²) in [5.74, 6) is 0.466. The molecule has 3 heterocycles. The molecular weight excluding hydrogens is 324 g/mol. The third-order valence-electron chi connectivity index (χ3n) is 5.40. The topological polar surface area (TPSA) is 67.6 Å². The lowest BCUT2D eigenvalue weighted by Gasteiger charge is -2.36. The van der Waals surface area contributed by atoms with Crippen LogP contribution in [0.1, 0.15) is 62.5 Å². The first-order valence-electron chi connectivity index (χ1n) is 8.87. The van der Waals surface area contributed by atoms with E-state index >= 15 is 0 Å². The number of hydrogen-bond donors (Lipinski definition) is 0. The third-order valence-corrected chi connectivity index (χ3v) is 7.15. The molecule has 2 aliphatic rings. The molecule has 0 N–H and O–H groups in total. The van der Waals surface area contributed by atoms with Gasteiger partial charge in [0, 0.05) is 23.3 Å². The Hall–Kier alpha value is -1.37. The molecule has 6 nitrogen and oxygen atoms in total. The van der Waals surface area contributed by atoms with Gasteiger partial charge >= 0.3 is 0 Å². The van der Waals surface area contributed by atoms with Crippen LogP contribution in [0.15, 0.2) is 5.10 Å². The van der Waals surface area contributed by atoms with E-state index in [1.807, 2.05) is 24.7 Å². The Kier molecular flexibility index (Phi) is 4.73. The minimum atomic E-state index is -2.91. The van der Waals surface area contributed by atoms with Crippen molar-refractivity contribution in [2.24, 2.45) is 5.10 Å². The molecule has 0 aromatic carbocycles. The molecule has 2 aliphatic heterocycles. The molecule has 7 heteroatoms. The zero-order valence-electron chi connectivity index (χ0n) is 15.1. The third kappa shape index (κ3) is 3.36. The highest BCUT2D eigenvalue weighted by atomic mass is 32.2. The first kappa shape index (κ1) is 17.5. The van der Waals surface area contributed by atoms with E-state index in [4.69, 9.17) is 5.10 Å². The maximum Gasteiger partial charge on any atom is 0.152 e. The molecule has 0 spiro atoms. The molecule has 134 valence electrons. The summed E-state index contributed by atoms with van der Waals surface area (Å²) >= 11 is 0. The smallest absolute Gasteiger partial charge is 0.152 e. The van der Waals surface area contributed by atoms with Crippen molar-refractivity contribution >= 4 is 16.1 Å². The Morgan fingerprint density at radius 3 is 2.42 bits per heavy atom. The molecule has 1 aromatic rings. The Labute approximate surface area is 144 Å². The van der Waals surface area contributed by atoms with Crippen molar-refractivity contribution in [1.82, 2.24) is 14.8 Å². The average Bonchev–Trinajstić information content (AvgIpc) is 2.99. The molecule has 0 aliphatic carbocycles. The van der Waals surface area contributed by atoms with Gasteiger partial charge in [-0.2, -0.15) is 10.2 Å². The van der Waals surface area contributed by atoms with Crippen LogP contribution in [0.2, 0.25) is 0 Å². The van der Waals surface area contributed by atoms with Crippen LogP contribution in [0.3, 0.4) is 0 Å². The van der Waals surface area contributed by atoms with Crippen LogP contribution in [0, 0.1) is 13.8 Å². The fourth-order valence-electron chi connectivity index (χ4n) is 3.95. The summed E-state index contributed by atoms with van der Waals surface area (Å²) in [4.78, 5) is 0. The Morgan fingerprint density at radius 1 is 1.17 bits per heavy atom. The minimum Gasteiger partial charge on any atom is -0.292 e. The van der Waals surface area contributed by atoms with Crippen molar-refractivity contribution in [3.05, 3.63) is 17.0 Å². The van der Waals surface area contributed by atoms with Crippen molar-refractivity contribution in [3.8, 4) is 0 Å². The van der Waals surface area contributed by atoms with E-state index in [9.17, 15) is 8.42 Å². The highest BCUT2D eigenvalue weighted by molar-refractivity contribution is 7.91. The van der Waals surface area contributed by atoms with E-state index in [1.165, 1.54) is 19.3 Å². The predicted octanol–water partition coefficient (Wildman–Crippen LogP) is 2.46. The molecule has 0 unspecified atom stereocenters. The van der Waals surface area contributed by atoms with Gasteiger partial charge in [-0.3, -0.25) is 9.69 Å². The largest absolute Gasteiger partial charge is 0.292 e. The van der Waals surface area contributed by atoms with Gasteiger partial charge in [-0.25, -0.2) is 8.42 Å². The van der Waals surface area contributed by atoms with Gasteiger partial charge in [0.15, 0.2) is 9.84 Å². The van der Waals surface area contributed by atoms with Gasteiger partial charge < -0.3 is 0 Å². The molecule has 0 radical (unpaired) electrons. The van der Waals surface area contributed by atoms with Crippen molar-refractivity contribution in [3.63, 3.8) is 0 Å². The van der Waals surface area contributed by atoms with Gasteiger partial charge in [0.1, 0.15) is 0 Å². The normalized spacial score (nSPS) is 30.3. The number of piperidine rings is 1. The Morgan fingerprint density at radius 2 is 1.83 bits per heavy atom. The maximum absolute atomic E-state index is 11.7. The van der Waals surface area contributed by atoms with E-state index < -0.39 is 9.84 Å². The van der Waals surface area contributed by atoms with Gasteiger partial charge in [-0.05, 0) is 53.4 Å². The minimum absolute atomic E-state index is 0.0383. The Balaban J connectivity index is 1.83. The molecule has 1 aromatic heterocycles. The molecule has 2 fully saturated rings. The van der Waals surface area contributed by atoms with Gasteiger partial charge in [0.05, 0.1) is 29.5 Å².